The maximum absolute atomic E-state index is 6.26. The van der Waals surface area contributed by atoms with Crippen molar-refractivity contribution in [3.8, 4) is 0 Å². The highest BCUT2D eigenvalue weighted by Crippen LogP contribution is 2.39. The second kappa shape index (κ2) is 7.26. The topological polar surface area (TPSA) is 21.3 Å². The molecule has 0 amide bonds. The van der Waals surface area contributed by atoms with Gasteiger partial charge in [0.1, 0.15) is 0 Å². The van der Waals surface area contributed by atoms with Gasteiger partial charge in [0.05, 0.1) is 9.94 Å². The third-order valence-electron chi connectivity index (χ3n) is 4.57. The second-order valence-corrected chi connectivity index (χ2v) is 7.73. The van der Waals surface area contributed by atoms with E-state index in [0.29, 0.717) is 6.04 Å². The van der Waals surface area contributed by atoms with Gasteiger partial charge < -0.3 is 10.1 Å². The molecular weight excluding hydrogens is 290 g/mol. The van der Waals surface area contributed by atoms with Crippen molar-refractivity contribution < 1.29 is 4.74 Å². The summed E-state index contributed by atoms with van der Waals surface area (Å²) in [6.45, 7) is 5.25. The van der Waals surface area contributed by atoms with Gasteiger partial charge in [-0.15, -0.1) is 11.3 Å². The first kappa shape index (κ1) is 16.3. The van der Waals surface area contributed by atoms with E-state index in [2.05, 4.69) is 32.3 Å². The SMILES string of the molecule is CCOC1(C(Cc2ccc(Cl)s2)NC)CCC(C)CC1. The summed E-state index contributed by atoms with van der Waals surface area (Å²) in [5.74, 6) is 0.831. The minimum absolute atomic E-state index is 0.00746. The molecule has 2 rings (SSSR count). The lowest BCUT2D eigenvalue weighted by Gasteiger charge is -2.44. The minimum Gasteiger partial charge on any atom is -0.374 e. The summed E-state index contributed by atoms with van der Waals surface area (Å²) < 4.78 is 7.13. The third kappa shape index (κ3) is 3.76. The number of nitrogens with one attached hydrogen (secondary N) is 1. The number of hydrogen-bond donors (Lipinski definition) is 1. The van der Waals surface area contributed by atoms with Crippen molar-refractivity contribution in [3.63, 3.8) is 0 Å². The van der Waals surface area contributed by atoms with Gasteiger partial charge in [0.2, 0.25) is 0 Å². The van der Waals surface area contributed by atoms with Gasteiger partial charge in [-0.2, -0.15) is 0 Å². The molecule has 1 unspecified atom stereocenters. The largest absolute Gasteiger partial charge is 0.374 e. The van der Waals surface area contributed by atoms with E-state index >= 15 is 0 Å². The van der Waals surface area contributed by atoms with Crippen LogP contribution in [0.1, 0.15) is 44.4 Å². The van der Waals surface area contributed by atoms with E-state index in [1.807, 2.05) is 6.07 Å². The van der Waals surface area contributed by atoms with Crippen LogP contribution in [0.15, 0.2) is 12.1 Å². The molecule has 0 spiro atoms. The quantitative estimate of drug-likeness (QED) is 0.833. The molecule has 4 heteroatoms. The van der Waals surface area contributed by atoms with Crippen LogP contribution >= 0.6 is 22.9 Å². The maximum Gasteiger partial charge on any atom is 0.0931 e. The van der Waals surface area contributed by atoms with E-state index in [-0.39, 0.29) is 5.60 Å². The van der Waals surface area contributed by atoms with Crippen molar-refractivity contribution in [2.45, 2.75) is 57.6 Å². The molecule has 1 aromatic heterocycles. The Morgan fingerprint density at radius 2 is 2.15 bits per heavy atom. The van der Waals surface area contributed by atoms with Gasteiger partial charge >= 0.3 is 0 Å². The molecule has 0 aliphatic heterocycles. The van der Waals surface area contributed by atoms with E-state index in [4.69, 9.17) is 16.3 Å². The molecule has 20 heavy (non-hydrogen) atoms. The van der Waals surface area contributed by atoms with Crippen LogP contribution in [0.4, 0.5) is 0 Å². The average Bonchev–Trinajstić information content (AvgIpc) is 2.85. The highest BCUT2D eigenvalue weighted by Gasteiger charge is 2.41. The van der Waals surface area contributed by atoms with Crippen LogP contribution in [0.3, 0.4) is 0 Å². The number of likely N-dealkylation sites (N-methyl/N-ethyl adjacent to an activating group) is 1. The Kier molecular flexibility index (Phi) is 5.91. The van der Waals surface area contributed by atoms with Gasteiger partial charge in [0, 0.05) is 17.5 Å². The van der Waals surface area contributed by atoms with E-state index in [1.165, 1.54) is 17.7 Å². The lowest BCUT2D eigenvalue weighted by molar-refractivity contribution is -0.0946. The van der Waals surface area contributed by atoms with Crippen molar-refractivity contribution in [2.75, 3.05) is 13.7 Å². The summed E-state index contributed by atoms with van der Waals surface area (Å²) in [5.41, 5.74) is -0.00746. The first-order chi connectivity index (χ1) is 9.59. The van der Waals surface area contributed by atoms with Gasteiger partial charge in [0.15, 0.2) is 0 Å². The zero-order chi connectivity index (χ0) is 14.6. The fraction of sp³-hybridized carbons (Fsp3) is 0.750. The van der Waals surface area contributed by atoms with Crippen molar-refractivity contribution in [1.82, 2.24) is 5.32 Å². The number of rotatable bonds is 6. The Morgan fingerprint density at radius 3 is 2.65 bits per heavy atom. The van der Waals surface area contributed by atoms with Crippen LogP contribution in [-0.2, 0) is 11.2 Å². The van der Waals surface area contributed by atoms with E-state index in [1.54, 1.807) is 11.3 Å². The predicted molar refractivity (Wildman–Crippen MR) is 87.9 cm³/mol. The number of hydrogen-bond acceptors (Lipinski definition) is 3. The number of ether oxygens (including phenoxy) is 1. The number of halogens is 1. The molecule has 0 bridgehead atoms. The first-order valence-corrected chi connectivity index (χ1v) is 8.84. The summed E-state index contributed by atoms with van der Waals surface area (Å²) in [7, 11) is 2.05. The van der Waals surface area contributed by atoms with Crippen LogP contribution in [0.5, 0.6) is 0 Å². The van der Waals surface area contributed by atoms with Gasteiger partial charge in [-0.3, -0.25) is 0 Å². The van der Waals surface area contributed by atoms with Crippen LogP contribution < -0.4 is 5.32 Å². The normalized spacial score (nSPS) is 28.5. The Labute approximate surface area is 131 Å². The molecule has 1 N–H and O–H groups in total. The van der Waals surface area contributed by atoms with Crippen LogP contribution in [0, 0.1) is 5.92 Å². The smallest absolute Gasteiger partial charge is 0.0931 e. The molecule has 0 aromatic carbocycles. The summed E-state index contributed by atoms with van der Waals surface area (Å²) >= 11 is 7.74. The lowest BCUT2D eigenvalue weighted by Crippen LogP contribution is -2.54. The molecule has 1 atom stereocenters. The predicted octanol–water partition coefficient (Wildman–Crippen LogP) is 4.52. The zero-order valence-electron chi connectivity index (χ0n) is 12.7. The van der Waals surface area contributed by atoms with E-state index in [0.717, 1.165) is 36.1 Å². The van der Waals surface area contributed by atoms with Gasteiger partial charge in [-0.05, 0) is 64.1 Å². The lowest BCUT2D eigenvalue weighted by atomic mass is 9.74. The summed E-state index contributed by atoms with van der Waals surface area (Å²) in [5, 5.41) is 3.51. The van der Waals surface area contributed by atoms with E-state index < -0.39 is 0 Å². The molecule has 0 radical (unpaired) electrons. The Bertz CT molecular complexity index is 412. The Morgan fingerprint density at radius 1 is 1.45 bits per heavy atom. The standard InChI is InChI=1S/C16H26ClNOS/c1-4-19-16(9-7-12(2)8-10-16)14(18-3)11-13-5-6-15(17)20-13/h5-6,12,14,18H,4,7-11H2,1-3H3. The maximum atomic E-state index is 6.26. The summed E-state index contributed by atoms with van der Waals surface area (Å²) in [6, 6.07) is 4.50. The third-order valence-corrected chi connectivity index (χ3v) is 5.82. The molecule has 1 heterocycles. The molecule has 1 aliphatic rings. The van der Waals surface area contributed by atoms with Gasteiger partial charge in [-0.1, -0.05) is 18.5 Å². The molecule has 2 nitrogen and oxygen atoms in total. The summed E-state index contributed by atoms with van der Waals surface area (Å²) in [4.78, 5) is 1.34. The molecule has 1 aliphatic carbocycles. The van der Waals surface area contributed by atoms with Crippen LogP contribution in [0.25, 0.3) is 0 Å². The van der Waals surface area contributed by atoms with Crippen molar-refractivity contribution in [3.05, 3.63) is 21.3 Å². The van der Waals surface area contributed by atoms with Crippen molar-refractivity contribution in [1.29, 1.82) is 0 Å². The Balaban J connectivity index is 2.12. The summed E-state index contributed by atoms with van der Waals surface area (Å²) in [6.07, 6.45) is 5.86. The molecule has 1 aromatic rings. The van der Waals surface area contributed by atoms with Crippen molar-refractivity contribution >= 4 is 22.9 Å². The molecule has 114 valence electrons. The zero-order valence-corrected chi connectivity index (χ0v) is 14.3. The van der Waals surface area contributed by atoms with Crippen LogP contribution in [0.2, 0.25) is 4.34 Å². The molecular formula is C16H26ClNOS. The van der Waals surface area contributed by atoms with Crippen molar-refractivity contribution in [2.24, 2.45) is 5.92 Å². The molecule has 0 saturated heterocycles. The van der Waals surface area contributed by atoms with Gasteiger partial charge in [-0.25, -0.2) is 0 Å². The molecule has 1 saturated carbocycles. The van der Waals surface area contributed by atoms with E-state index in [9.17, 15) is 0 Å². The fourth-order valence-electron chi connectivity index (χ4n) is 3.35. The molecule has 1 fully saturated rings. The average molecular weight is 316 g/mol. The fourth-order valence-corrected chi connectivity index (χ4v) is 4.48. The monoisotopic (exact) mass is 315 g/mol. The highest BCUT2D eigenvalue weighted by atomic mass is 35.5. The Hall–Kier alpha value is -0.0900. The van der Waals surface area contributed by atoms with Gasteiger partial charge in [0.25, 0.3) is 0 Å². The second-order valence-electron chi connectivity index (χ2n) is 5.93. The number of thiophene rings is 1. The highest BCUT2D eigenvalue weighted by molar-refractivity contribution is 7.16. The first-order valence-electron chi connectivity index (χ1n) is 7.65. The van der Waals surface area contributed by atoms with Crippen LogP contribution in [-0.4, -0.2) is 25.3 Å². The minimum atomic E-state index is -0.00746.